The molecule has 6 heteroatoms. The summed E-state index contributed by atoms with van der Waals surface area (Å²) in [6, 6.07) is 5.76. The fourth-order valence-electron chi connectivity index (χ4n) is 1.90. The molecule has 0 saturated carbocycles. The second-order valence-electron chi connectivity index (χ2n) is 4.44. The minimum atomic E-state index is -0.959. The highest BCUT2D eigenvalue weighted by Gasteiger charge is 2.17. The zero-order valence-electron chi connectivity index (χ0n) is 10.9. The lowest BCUT2D eigenvalue weighted by atomic mass is 10.1. The summed E-state index contributed by atoms with van der Waals surface area (Å²) < 4.78 is 14.3. The van der Waals surface area contributed by atoms with Gasteiger partial charge in [0.1, 0.15) is 5.82 Å². The number of halogens is 1. The largest absolute Gasteiger partial charge is 0.481 e. The number of nitrogens with one attached hydrogen (secondary N) is 1. The van der Waals surface area contributed by atoms with Gasteiger partial charge in [-0.2, -0.15) is 0 Å². The van der Waals surface area contributed by atoms with E-state index in [2.05, 4.69) is 5.32 Å². The van der Waals surface area contributed by atoms with Gasteiger partial charge in [0.05, 0.1) is 11.3 Å². The molecule has 4 nitrogen and oxygen atoms in total. The summed E-state index contributed by atoms with van der Waals surface area (Å²) in [6.07, 6.45) is 0.402. The first kappa shape index (κ1) is 14.5. The lowest BCUT2D eigenvalue weighted by Crippen LogP contribution is -2.35. The number of hydrogen-bond acceptors (Lipinski definition) is 3. The lowest BCUT2D eigenvalue weighted by Gasteiger charge is -2.13. The standard InChI is InChI=1S/C14H14FNO3S/c1-2-8(6-13(17)18)16-14(19)12-7-9-10(15)4-3-5-11(9)20-12/h3-5,7-8H,2,6H2,1H3,(H,16,19)(H,17,18). The third kappa shape index (κ3) is 3.14. The molecule has 1 unspecified atom stereocenters. The number of hydrogen-bond donors (Lipinski definition) is 2. The van der Waals surface area contributed by atoms with Gasteiger partial charge in [-0.05, 0) is 24.6 Å². The highest BCUT2D eigenvalue weighted by Crippen LogP contribution is 2.27. The molecule has 0 aliphatic rings. The van der Waals surface area contributed by atoms with Crippen LogP contribution in [0.4, 0.5) is 4.39 Å². The van der Waals surface area contributed by atoms with E-state index in [1.54, 1.807) is 19.1 Å². The van der Waals surface area contributed by atoms with Crippen LogP contribution in [0.5, 0.6) is 0 Å². The van der Waals surface area contributed by atoms with Gasteiger partial charge in [0.2, 0.25) is 0 Å². The normalized spacial score (nSPS) is 12.3. The maximum atomic E-state index is 13.6. The minimum absolute atomic E-state index is 0.124. The molecule has 2 N–H and O–H groups in total. The van der Waals surface area contributed by atoms with Crippen molar-refractivity contribution in [2.24, 2.45) is 0 Å². The Labute approximate surface area is 119 Å². The van der Waals surface area contributed by atoms with Crippen molar-refractivity contribution in [3.63, 3.8) is 0 Å². The van der Waals surface area contributed by atoms with Gasteiger partial charge in [0.25, 0.3) is 5.91 Å². The van der Waals surface area contributed by atoms with Crippen molar-refractivity contribution in [1.82, 2.24) is 5.32 Å². The molecule has 0 bridgehead atoms. The molecule has 0 aliphatic carbocycles. The molecule has 20 heavy (non-hydrogen) atoms. The van der Waals surface area contributed by atoms with Gasteiger partial charge in [-0.15, -0.1) is 11.3 Å². The molecule has 0 aliphatic heterocycles. The molecule has 1 heterocycles. The summed E-state index contributed by atoms with van der Waals surface area (Å²) in [7, 11) is 0. The SMILES string of the molecule is CCC(CC(=O)O)NC(=O)c1cc2c(F)cccc2s1. The number of aliphatic carboxylic acids is 1. The van der Waals surface area contributed by atoms with E-state index in [4.69, 9.17) is 5.11 Å². The van der Waals surface area contributed by atoms with Crippen molar-refractivity contribution in [3.8, 4) is 0 Å². The molecule has 1 aromatic carbocycles. The maximum absolute atomic E-state index is 13.6. The third-order valence-corrected chi connectivity index (χ3v) is 4.08. The molecule has 2 rings (SSSR count). The van der Waals surface area contributed by atoms with Crippen molar-refractivity contribution in [2.75, 3.05) is 0 Å². The minimum Gasteiger partial charge on any atom is -0.481 e. The molecule has 0 saturated heterocycles. The summed E-state index contributed by atoms with van der Waals surface area (Å²) in [6.45, 7) is 1.80. The quantitative estimate of drug-likeness (QED) is 0.891. The van der Waals surface area contributed by atoms with Crippen LogP contribution >= 0.6 is 11.3 Å². The van der Waals surface area contributed by atoms with Crippen LogP contribution in [0.15, 0.2) is 24.3 Å². The molecule has 0 fully saturated rings. The van der Waals surface area contributed by atoms with E-state index in [9.17, 15) is 14.0 Å². The Morgan fingerprint density at radius 1 is 1.45 bits per heavy atom. The van der Waals surface area contributed by atoms with Crippen LogP contribution < -0.4 is 5.32 Å². The summed E-state index contributed by atoms with van der Waals surface area (Å²) >= 11 is 1.19. The molecular weight excluding hydrogens is 281 g/mol. The maximum Gasteiger partial charge on any atom is 0.305 e. The van der Waals surface area contributed by atoms with Crippen molar-refractivity contribution in [2.45, 2.75) is 25.8 Å². The number of carbonyl (C=O) groups is 2. The topological polar surface area (TPSA) is 66.4 Å². The molecule has 0 spiro atoms. The fraction of sp³-hybridized carbons (Fsp3) is 0.286. The van der Waals surface area contributed by atoms with Crippen LogP contribution in [0, 0.1) is 5.82 Å². The number of carbonyl (C=O) groups excluding carboxylic acids is 1. The van der Waals surface area contributed by atoms with Gasteiger partial charge in [-0.3, -0.25) is 9.59 Å². The number of amides is 1. The predicted octanol–water partition coefficient (Wildman–Crippen LogP) is 3.02. The van der Waals surface area contributed by atoms with Gasteiger partial charge in [0.15, 0.2) is 0 Å². The Hall–Kier alpha value is -1.95. The van der Waals surface area contributed by atoms with Gasteiger partial charge >= 0.3 is 5.97 Å². The van der Waals surface area contributed by atoms with Crippen LogP contribution in [-0.4, -0.2) is 23.0 Å². The molecule has 2 aromatic rings. The van der Waals surface area contributed by atoms with Crippen LogP contribution in [0.1, 0.15) is 29.4 Å². The van der Waals surface area contributed by atoms with Crippen molar-refractivity contribution in [1.29, 1.82) is 0 Å². The van der Waals surface area contributed by atoms with Crippen LogP contribution in [0.3, 0.4) is 0 Å². The summed E-state index contributed by atoms with van der Waals surface area (Å²) in [5.74, 6) is -1.69. The van der Waals surface area contributed by atoms with E-state index in [1.807, 2.05) is 0 Å². The average molecular weight is 295 g/mol. The van der Waals surface area contributed by atoms with Gasteiger partial charge in [-0.1, -0.05) is 13.0 Å². The van der Waals surface area contributed by atoms with Gasteiger partial charge in [0, 0.05) is 16.1 Å². The number of carboxylic acid groups (broad SMARTS) is 1. The van der Waals surface area contributed by atoms with Crippen LogP contribution in [0.25, 0.3) is 10.1 Å². The molecule has 106 valence electrons. The molecule has 1 atom stereocenters. The van der Waals surface area contributed by atoms with Crippen molar-refractivity contribution >= 4 is 33.3 Å². The third-order valence-electron chi connectivity index (χ3n) is 2.98. The zero-order chi connectivity index (χ0) is 14.7. The summed E-state index contributed by atoms with van der Waals surface area (Å²) in [5.41, 5.74) is 0. The Morgan fingerprint density at radius 3 is 2.80 bits per heavy atom. The second-order valence-corrected chi connectivity index (χ2v) is 5.52. The highest BCUT2D eigenvalue weighted by atomic mass is 32.1. The van der Waals surface area contributed by atoms with E-state index in [0.717, 1.165) is 0 Å². The van der Waals surface area contributed by atoms with Crippen LogP contribution in [0.2, 0.25) is 0 Å². The van der Waals surface area contributed by atoms with Crippen molar-refractivity contribution in [3.05, 3.63) is 35.0 Å². The fourth-order valence-corrected chi connectivity index (χ4v) is 2.88. The predicted molar refractivity (Wildman–Crippen MR) is 75.6 cm³/mol. The van der Waals surface area contributed by atoms with Crippen LogP contribution in [-0.2, 0) is 4.79 Å². The van der Waals surface area contributed by atoms with E-state index in [0.29, 0.717) is 21.4 Å². The number of rotatable bonds is 5. The highest BCUT2D eigenvalue weighted by molar-refractivity contribution is 7.20. The monoisotopic (exact) mass is 295 g/mol. The number of fused-ring (bicyclic) bond motifs is 1. The van der Waals surface area contributed by atoms with E-state index < -0.39 is 12.0 Å². The molecule has 1 amide bonds. The van der Waals surface area contributed by atoms with Crippen molar-refractivity contribution < 1.29 is 19.1 Å². The lowest BCUT2D eigenvalue weighted by molar-refractivity contribution is -0.137. The Kier molecular flexibility index (Phi) is 4.34. The van der Waals surface area contributed by atoms with E-state index >= 15 is 0 Å². The smallest absolute Gasteiger partial charge is 0.305 e. The Balaban J connectivity index is 2.18. The van der Waals surface area contributed by atoms with E-state index in [-0.39, 0.29) is 18.1 Å². The first-order valence-corrected chi connectivity index (χ1v) is 7.03. The summed E-state index contributed by atoms with van der Waals surface area (Å²) in [4.78, 5) is 23.1. The zero-order valence-corrected chi connectivity index (χ0v) is 11.7. The molecule has 0 radical (unpaired) electrons. The molecule has 1 aromatic heterocycles. The second kappa shape index (κ2) is 6.00. The first-order chi connectivity index (χ1) is 9.51. The molecular formula is C14H14FNO3S. The van der Waals surface area contributed by atoms with E-state index in [1.165, 1.54) is 23.5 Å². The van der Waals surface area contributed by atoms with Gasteiger partial charge in [-0.25, -0.2) is 4.39 Å². The summed E-state index contributed by atoms with van der Waals surface area (Å²) in [5, 5.41) is 11.8. The Bertz CT molecular complexity index is 653. The number of carboxylic acids is 1. The average Bonchev–Trinajstić information content (AvgIpc) is 2.83. The van der Waals surface area contributed by atoms with Gasteiger partial charge < -0.3 is 10.4 Å². The number of thiophene rings is 1. The Morgan fingerprint density at radius 2 is 2.20 bits per heavy atom. The number of benzene rings is 1. The first-order valence-electron chi connectivity index (χ1n) is 6.22.